The molecule has 128 valence electrons. The van der Waals surface area contributed by atoms with Crippen molar-refractivity contribution in [2.45, 2.75) is 12.6 Å². The van der Waals surface area contributed by atoms with Crippen LogP contribution in [0.4, 0.5) is 0 Å². The highest BCUT2D eigenvalue weighted by atomic mass is 127. The first kappa shape index (κ1) is 17.5. The number of hydrogen-bond acceptors (Lipinski definition) is 4. The molecule has 3 aromatic rings. The van der Waals surface area contributed by atoms with Crippen molar-refractivity contribution in [1.29, 1.82) is 0 Å². The molecule has 0 amide bonds. The first-order chi connectivity index (χ1) is 12.2. The van der Waals surface area contributed by atoms with E-state index in [9.17, 15) is 4.79 Å². The minimum absolute atomic E-state index is 0.262. The van der Waals surface area contributed by atoms with Gasteiger partial charge in [0.15, 0.2) is 6.10 Å². The molecule has 0 aliphatic rings. The summed E-state index contributed by atoms with van der Waals surface area (Å²) >= 11 is 2.20. The maximum Gasteiger partial charge on any atom is 0.338 e. The van der Waals surface area contributed by atoms with Crippen LogP contribution in [0.3, 0.4) is 0 Å². The summed E-state index contributed by atoms with van der Waals surface area (Å²) in [5.41, 5.74) is 0.524. The van der Waals surface area contributed by atoms with E-state index in [0.717, 1.165) is 9.32 Å². The van der Waals surface area contributed by atoms with Gasteiger partial charge in [-0.25, -0.2) is 9.78 Å². The topological polar surface area (TPSA) is 53.4 Å². The Kier molecular flexibility index (Phi) is 6.05. The van der Waals surface area contributed by atoms with Crippen LogP contribution in [-0.4, -0.2) is 28.2 Å². The number of hydrogen-bond donors (Lipinski definition) is 0. The van der Waals surface area contributed by atoms with E-state index in [4.69, 9.17) is 9.47 Å². The number of para-hydroxylation sites is 1. The summed E-state index contributed by atoms with van der Waals surface area (Å²) in [4.78, 5) is 16.4. The molecule has 1 heterocycles. The molecule has 5 nitrogen and oxygen atoms in total. The normalized spacial score (nSPS) is 11.7. The summed E-state index contributed by atoms with van der Waals surface area (Å²) < 4.78 is 14.3. The van der Waals surface area contributed by atoms with Gasteiger partial charge in [-0.3, -0.25) is 0 Å². The highest BCUT2D eigenvalue weighted by Crippen LogP contribution is 2.13. The molecule has 1 atom stereocenters. The molecule has 0 aliphatic carbocycles. The molecule has 0 bridgehead atoms. The lowest BCUT2D eigenvalue weighted by Crippen LogP contribution is -2.29. The van der Waals surface area contributed by atoms with E-state index < -0.39 is 6.10 Å². The summed E-state index contributed by atoms with van der Waals surface area (Å²) in [5, 5.41) is 0. The Morgan fingerprint density at radius 3 is 2.56 bits per heavy atom. The Hall–Kier alpha value is -2.35. The predicted octanol–water partition coefficient (Wildman–Crippen LogP) is 3.79. The smallest absolute Gasteiger partial charge is 0.338 e. The van der Waals surface area contributed by atoms with Crippen LogP contribution >= 0.6 is 22.6 Å². The van der Waals surface area contributed by atoms with E-state index in [1.54, 1.807) is 24.7 Å². The van der Waals surface area contributed by atoms with E-state index >= 15 is 0 Å². The Bertz CT molecular complexity index is 789. The van der Waals surface area contributed by atoms with Gasteiger partial charge in [0.1, 0.15) is 12.4 Å². The first-order valence-corrected chi connectivity index (χ1v) is 8.89. The predicted molar refractivity (Wildman–Crippen MR) is 103 cm³/mol. The number of aromatic nitrogens is 2. The van der Waals surface area contributed by atoms with E-state index in [0.29, 0.717) is 12.1 Å². The number of halogens is 1. The zero-order chi connectivity index (χ0) is 17.5. The molecule has 1 aromatic heterocycles. The minimum Gasteiger partial charge on any atom is -0.490 e. The van der Waals surface area contributed by atoms with Crippen molar-refractivity contribution < 1.29 is 14.3 Å². The molecule has 0 N–H and O–H groups in total. The number of nitrogens with zero attached hydrogens (tertiary/aromatic N) is 2. The number of carbonyl (C=O) groups excluding carboxylic acids is 1. The summed E-state index contributed by atoms with van der Waals surface area (Å²) in [5.74, 6) is 0.377. The monoisotopic (exact) mass is 448 g/mol. The van der Waals surface area contributed by atoms with Gasteiger partial charge in [0.25, 0.3) is 0 Å². The van der Waals surface area contributed by atoms with Gasteiger partial charge in [-0.05, 0) is 59.0 Å². The van der Waals surface area contributed by atoms with Crippen molar-refractivity contribution in [3.63, 3.8) is 0 Å². The van der Waals surface area contributed by atoms with Crippen molar-refractivity contribution in [1.82, 2.24) is 9.55 Å². The third-order valence-electron chi connectivity index (χ3n) is 3.51. The third kappa shape index (κ3) is 5.32. The highest BCUT2D eigenvalue weighted by Gasteiger charge is 2.18. The summed E-state index contributed by atoms with van der Waals surface area (Å²) in [6.07, 6.45) is 4.78. The SMILES string of the molecule is O=C(OC(COc1ccccc1)Cn1ccnc1)c1ccc(I)cc1. The van der Waals surface area contributed by atoms with Crippen molar-refractivity contribution in [3.8, 4) is 5.75 Å². The van der Waals surface area contributed by atoms with Crippen molar-refractivity contribution >= 4 is 28.6 Å². The molecule has 0 fully saturated rings. The average molecular weight is 448 g/mol. The summed E-state index contributed by atoms with van der Waals surface area (Å²) in [6, 6.07) is 16.7. The Morgan fingerprint density at radius 2 is 1.88 bits per heavy atom. The van der Waals surface area contributed by atoms with E-state index in [1.807, 2.05) is 53.2 Å². The Labute approximate surface area is 159 Å². The first-order valence-electron chi connectivity index (χ1n) is 7.81. The molecular formula is C19H17IN2O3. The van der Waals surface area contributed by atoms with Gasteiger partial charge in [0.05, 0.1) is 18.4 Å². The van der Waals surface area contributed by atoms with Crippen LogP contribution in [0.1, 0.15) is 10.4 Å². The zero-order valence-electron chi connectivity index (χ0n) is 13.4. The fraction of sp³-hybridized carbons (Fsp3) is 0.158. The number of ether oxygens (including phenoxy) is 2. The molecule has 0 spiro atoms. The molecule has 0 saturated carbocycles. The second-order valence-electron chi connectivity index (χ2n) is 5.42. The van der Waals surface area contributed by atoms with Gasteiger partial charge >= 0.3 is 5.97 Å². The van der Waals surface area contributed by atoms with Crippen LogP contribution in [0.15, 0.2) is 73.3 Å². The van der Waals surface area contributed by atoms with Crippen molar-refractivity contribution in [2.75, 3.05) is 6.61 Å². The number of rotatable bonds is 7. The van der Waals surface area contributed by atoms with Crippen molar-refractivity contribution in [3.05, 3.63) is 82.5 Å². The highest BCUT2D eigenvalue weighted by molar-refractivity contribution is 14.1. The van der Waals surface area contributed by atoms with Gasteiger partial charge in [-0.15, -0.1) is 0 Å². The molecule has 6 heteroatoms. The number of esters is 1. The van der Waals surface area contributed by atoms with Gasteiger partial charge in [0.2, 0.25) is 0 Å². The van der Waals surface area contributed by atoms with E-state index in [-0.39, 0.29) is 12.6 Å². The van der Waals surface area contributed by atoms with Gasteiger partial charge in [0, 0.05) is 16.0 Å². The second-order valence-corrected chi connectivity index (χ2v) is 6.66. The van der Waals surface area contributed by atoms with Crippen LogP contribution in [0.25, 0.3) is 0 Å². The summed E-state index contributed by atoms with van der Waals surface area (Å²) in [7, 11) is 0. The van der Waals surface area contributed by atoms with Crippen LogP contribution in [-0.2, 0) is 11.3 Å². The fourth-order valence-electron chi connectivity index (χ4n) is 2.27. The second kappa shape index (κ2) is 8.66. The molecule has 2 aromatic carbocycles. The Balaban J connectivity index is 1.66. The number of benzene rings is 2. The minimum atomic E-state index is -0.429. The van der Waals surface area contributed by atoms with E-state index in [2.05, 4.69) is 27.6 Å². The summed E-state index contributed by atoms with van der Waals surface area (Å²) in [6.45, 7) is 0.737. The van der Waals surface area contributed by atoms with Crippen LogP contribution < -0.4 is 4.74 Å². The van der Waals surface area contributed by atoms with E-state index in [1.165, 1.54) is 0 Å². The molecule has 3 rings (SSSR count). The average Bonchev–Trinajstić information content (AvgIpc) is 3.14. The molecule has 25 heavy (non-hydrogen) atoms. The van der Waals surface area contributed by atoms with Gasteiger partial charge < -0.3 is 14.0 Å². The number of carbonyl (C=O) groups is 1. The van der Waals surface area contributed by atoms with Crippen LogP contribution in [0.2, 0.25) is 0 Å². The maximum atomic E-state index is 12.4. The molecule has 0 saturated heterocycles. The molecule has 0 aliphatic heterocycles. The fourth-order valence-corrected chi connectivity index (χ4v) is 2.62. The Morgan fingerprint density at radius 1 is 1.12 bits per heavy atom. The largest absolute Gasteiger partial charge is 0.490 e. The maximum absolute atomic E-state index is 12.4. The lowest BCUT2D eigenvalue weighted by Gasteiger charge is -2.19. The van der Waals surface area contributed by atoms with Gasteiger partial charge in [-0.1, -0.05) is 18.2 Å². The van der Waals surface area contributed by atoms with Crippen LogP contribution in [0.5, 0.6) is 5.75 Å². The quantitative estimate of drug-likeness (QED) is 0.408. The van der Waals surface area contributed by atoms with Gasteiger partial charge in [-0.2, -0.15) is 0 Å². The molecular weight excluding hydrogens is 431 g/mol. The van der Waals surface area contributed by atoms with Crippen molar-refractivity contribution in [2.24, 2.45) is 0 Å². The lowest BCUT2D eigenvalue weighted by atomic mass is 10.2. The number of imidazole rings is 1. The third-order valence-corrected chi connectivity index (χ3v) is 4.23. The molecule has 0 radical (unpaired) electrons. The standard InChI is InChI=1S/C19H17IN2O3/c20-16-8-6-15(7-9-16)19(23)25-18(12-22-11-10-21-14-22)13-24-17-4-2-1-3-5-17/h1-11,14,18H,12-13H2. The molecule has 1 unspecified atom stereocenters. The van der Waals surface area contributed by atoms with Crippen LogP contribution in [0, 0.1) is 3.57 Å². The zero-order valence-corrected chi connectivity index (χ0v) is 15.6. The lowest BCUT2D eigenvalue weighted by molar-refractivity contribution is 0.0125.